The van der Waals surface area contributed by atoms with Crippen molar-refractivity contribution in [2.75, 3.05) is 6.54 Å². The number of hydrogen-bond acceptors (Lipinski definition) is 2. The molecule has 1 saturated carbocycles. The molecule has 1 fully saturated rings. The normalized spacial score (nSPS) is 18.9. The minimum Gasteiger partial charge on any atom is -0.323 e. The third-order valence-electron chi connectivity index (χ3n) is 2.96. The molecular weight excluding hydrogens is 172 g/mol. The van der Waals surface area contributed by atoms with Gasteiger partial charge in [-0.05, 0) is 18.4 Å². The molecule has 0 aliphatic heterocycles. The minimum absolute atomic E-state index is 0.136. The zero-order valence-electron chi connectivity index (χ0n) is 8.45. The van der Waals surface area contributed by atoms with Crippen LogP contribution in [-0.2, 0) is 0 Å². The average molecular weight is 190 g/mol. The van der Waals surface area contributed by atoms with Crippen molar-refractivity contribution in [3.05, 3.63) is 35.9 Å². The zero-order chi connectivity index (χ0) is 9.80. The van der Waals surface area contributed by atoms with Gasteiger partial charge in [0, 0.05) is 18.6 Å². The molecule has 1 aromatic rings. The van der Waals surface area contributed by atoms with Crippen molar-refractivity contribution < 1.29 is 0 Å². The molecule has 0 aromatic heterocycles. The molecule has 2 rings (SSSR count). The van der Waals surface area contributed by atoms with Gasteiger partial charge in [-0.25, -0.2) is 0 Å². The predicted molar refractivity (Wildman–Crippen MR) is 59.0 cm³/mol. The fourth-order valence-corrected chi connectivity index (χ4v) is 1.72. The molecule has 0 heterocycles. The molecule has 0 radical (unpaired) electrons. The van der Waals surface area contributed by atoms with Crippen molar-refractivity contribution in [2.24, 2.45) is 5.73 Å². The van der Waals surface area contributed by atoms with Gasteiger partial charge in [0.05, 0.1) is 0 Å². The second-order valence-corrected chi connectivity index (χ2v) is 4.05. The Morgan fingerprint density at radius 2 is 2.00 bits per heavy atom. The number of rotatable bonds is 4. The van der Waals surface area contributed by atoms with E-state index in [4.69, 9.17) is 5.73 Å². The molecule has 1 aromatic carbocycles. The minimum atomic E-state index is 0.136. The molecule has 0 amide bonds. The van der Waals surface area contributed by atoms with E-state index in [-0.39, 0.29) is 6.04 Å². The highest BCUT2D eigenvalue weighted by molar-refractivity contribution is 5.18. The lowest BCUT2D eigenvalue weighted by atomic mass is 9.93. The maximum Gasteiger partial charge on any atom is 0.0421 e. The molecule has 0 saturated heterocycles. The van der Waals surface area contributed by atoms with E-state index in [2.05, 4.69) is 17.4 Å². The topological polar surface area (TPSA) is 38.0 Å². The molecule has 1 aliphatic rings. The first-order chi connectivity index (χ1) is 6.86. The van der Waals surface area contributed by atoms with Crippen LogP contribution in [0.5, 0.6) is 0 Å². The zero-order valence-corrected chi connectivity index (χ0v) is 8.45. The fourth-order valence-electron chi connectivity index (χ4n) is 1.72. The SMILES string of the molecule is NC(CNC1CCC1)c1ccccc1. The van der Waals surface area contributed by atoms with Gasteiger partial charge in [0.15, 0.2) is 0 Å². The standard InChI is InChI=1S/C12H18N2/c13-12(9-14-11-7-4-8-11)10-5-2-1-3-6-10/h1-3,5-6,11-12,14H,4,7-9,13H2. The highest BCUT2D eigenvalue weighted by Gasteiger charge is 2.17. The van der Waals surface area contributed by atoms with Crippen molar-refractivity contribution in [1.82, 2.24) is 5.32 Å². The molecule has 0 bridgehead atoms. The molecule has 3 N–H and O–H groups in total. The van der Waals surface area contributed by atoms with Gasteiger partial charge in [-0.15, -0.1) is 0 Å². The van der Waals surface area contributed by atoms with Crippen molar-refractivity contribution in [3.63, 3.8) is 0 Å². The van der Waals surface area contributed by atoms with Crippen LogP contribution in [0.4, 0.5) is 0 Å². The van der Waals surface area contributed by atoms with Crippen LogP contribution in [0.3, 0.4) is 0 Å². The maximum absolute atomic E-state index is 6.06. The third-order valence-corrected chi connectivity index (χ3v) is 2.96. The number of nitrogens with two attached hydrogens (primary N) is 1. The van der Waals surface area contributed by atoms with Crippen LogP contribution in [0.15, 0.2) is 30.3 Å². The molecule has 76 valence electrons. The van der Waals surface area contributed by atoms with E-state index in [0.29, 0.717) is 0 Å². The van der Waals surface area contributed by atoms with Crippen LogP contribution in [-0.4, -0.2) is 12.6 Å². The lowest BCUT2D eigenvalue weighted by Gasteiger charge is -2.28. The quantitative estimate of drug-likeness (QED) is 0.760. The Bertz CT molecular complexity index is 267. The smallest absolute Gasteiger partial charge is 0.0421 e. The number of nitrogens with one attached hydrogen (secondary N) is 1. The van der Waals surface area contributed by atoms with Crippen LogP contribution in [0, 0.1) is 0 Å². The van der Waals surface area contributed by atoms with Gasteiger partial charge in [0.25, 0.3) is 0 Å². The molecule has 2 heteroatoms. The lowest BCUT2D eigenvalue weighted by Crippen LogP contribution is -2.39. The van der Waals surface area contributed by atoms with Crippen molar-refractivity contribution in [3.8, 4) is 0 Å². The number of hydrogen-bond donors (Lipinski definition) is 2. The Hall–Kier alpha value is -0.860. The Labute approximate surface area is 85.5 Å². The summed E-state index contributed by atoms with van der Waals surface area (Å²) in [5, 5.41) is 3.49. The fraction of sp³-hybridized carbons (Fsp3) is 0.500. The van der Waals surface area contributed by atoms with E-state index in [1.807, 2.05) is 18.2 Å². The Morgan fingerprint density at radius 1 is 1.29 bits per heavy atom. The van der Waals surface area contributed by atoms with E-state index in [1.165, 1.54) is 24.8 Å². The van der Waals surface area contributed by atoms with Gasteiger partial charge in [0.2, 0.25) is 0 Å². The van der Waals surface area contributed by atoms with E-state index < -0.39 is 0 Å². The van der Waals surface area contributed by atoms with Gasteiger partial charge in [-0.1, -0.05) is 36.8 Å². The predicted octanol–water partition coefficient (Wildman–Crippen LogP) is 1.83. The summed E-state index contributed by atoms with van der Waals surface area (Å²) in [5.74, 6) is 0. The first-order valence-electron chi connectivity index (χ1n) is 5.40. The highest BCUT2D eigenvalue weighted by atomic mass is 14.9. The summed E-state index contributed by atoms with van der Waals surface area (Å²) >= 11 is 0. The third kappa shape index (κ3) is 2.34. The molecule has 14 heavy (non-hydrogen) atoms. The molecule has 2 nitrogen and oxygen atoms in total. The highest BCUT2D eigenvalue weighted by Crippen LogP contribution is 2.18. The largest absolute Gasteiger partial charge is 0.323 e. The van der Waals surface area contributed by atoms with Crippen LogP contribution >= 0.6 is 0 Å². The molecule has 0 spiro atoms. The van der Waals surface area contributed by atoms with Crippen molar-refractivity contribution in [2.45, 2.75) is 31.3 Å². The van der Waals surface area contributed by atoms with Crippen molar-refractivity contribution >= 4 is 0 Å². The van der Waals surface area contributed by atoms with E-state index in [1.54, 1.807) is 0 Å². The maximum atomic E-state index is 6.06. The molecule has 1 aliphatic carbocycles. The summed E-state index contributed by atoms with van der Waals surface area (Å²) < 4.78 is 0. The Morgan fingerprint density at radius 3 is 2.57 bits per heavy atom. The summed E-state index contributed by atoms with van der Waals surface area (Å²) in [6.07, 6.45) is 4.02. The monoisotopic (exact) mass is 190 g/mol. The van der Waals surface area contributed by atoms with Gasteiger partial charge >= 0.3 is 0 Å². The summed E-state index contributed by atoms with van der Waals surface area (Å²) in [6, 6.07) is 11.1. The average Bonchev–Trinajstić information content (AvgIpc) is 2.16. The Kier molecular flexibility index (Phi) is 3.17. The number of benzene rings is 1. The summed E-state index contributed by atoms with van der Waals surface area (Å²) in [5.41, 5.74) is 7.28. The second-order valence-electron chi connectivity index (χ2n) is 4.05. The van der Waals surface area contributed by atoms with Gasteiger partial charge in [-0.2, -0.15) is 0 Å². The summed E-state index contributed by atoms with van der Waals surface area (Å²) in [7, 11) is 0. The van der Waals surface area contributed by atoms with Gasteiger partial charge in [0.1, 0.15) is 0 Å². The van der Waals surface area contributed by atoms with E-state index >= 15 is 0 Å². The summed E-state index contributed by atoms with van der Waals surface area (Å²) in [4.78, 5) is 0. The Balaban J connectivity index is 1.80. The first kappa shape index (κ1) is 9.69. The molecular formula is C12H18N2. The van der Waals surface area contributed by atoms with Gasteiger partial charge < -0.3 is 11.1 Å². The van der Waals surface area contributed by atoms with Crippen LogP contribution < -0.4 is 11.1 Å². The first-order valence-corrected chi connectivity index (χ1v) is 5.40. The second kappa shape index (κ2) is 4.58. The van der Waals surface area contributed by atoms with Crippen LogP contribution in [0.1, 0.15) is 30.9 Å². The van der Waals surface area contributed by atoms with Crippen molar-refractivity contribution in [1.29, 1.82) is 0 Å². The lowest BCUT2D eigenvalue weighted by molar-refractivity contribution is 0.333. The van der Waals surface area contributed by atoms with Gasteiger partial charge in [-0.3, -0.25) is 0 Å². The van der Waals surface area contributed by atoms with Crippen LogP contribution in [0.25, 0.3) is 0 Å². The molecule has 1 unspecified atom stereocenters. The van der Waals surface area contributed by atoms with E-state index in [0.717, 1.165) is 12.6 Å². The van der Waals surface area contributed by atoms with Crippen LogP contribution in [0.2, 0.25) is 0 Å². The summed E-state index contributed by atoms with van der Waals surface area (Å²) in [6.45, 7) is 0.898. The molecule has 1 atom stereocenters. The van der Waals surface area contributed by atoms with E-state index in [9.17, 15) is 0 Å².